The number of rotatable bonds is 5. The zero-order valence-electron chi connectivity index (χ0n) is 9.13. The van der Waals surface area contributed by atoms with Crippen LogP contribution in [0.2, 0.25) is 0 Å². The van der Waals surface area contributed by atoms with E-state index in [1.54, 1.807) is 0 Å². The summed E-state index contributed by atoms with van der Waals surface area (Å²) in [5, 5.41) is 2.77. The van der Waals surface area contributed by atoms with Gasteiger partial charge in [-0.2, -0.15) is 0 Å². The molecule has 1 amide bonds. The number of anilines is 1. The van der Waals surface area contributed by atoms with Gasteiger partial charge in [-0.1, -0.05) is 15.9 Å². The van der Waals surface area contributed by atoms with Crippen LogP contribution in [0.5, 0.6) is 0 Å². The van der Waals surface area contributed by atoms with Gasteiger partial charge in [0.05, 0.1) is 6.61 Å². The third-order valence-corrected chi connectivity index (χ3v) is 2.45. The van der Waals surface area contributed by atoms with E-state index < -0.39 is 0 Å². The van der Waals surface area contributed by atoms with E-state index in [0.29, 0.717) is 13.2 Å². The predicted octanol–water partition coefficient (Wildman–Crippen LogP) is 1.67. The van der Waals surface area contributed by atoms with Crippen molar-refractivity contribution in [2.45, 2.75) is 6.92 Å². The minimum atomic E-state index is -0.168. The molecule has 4 nitrogen and oxygen atoms in total. The van der Waals surface area contributed by atoms with E-state index in [1.807, 2.05) is 25.1 Å². The quantitative estimate of drug-likeness (QED) is 0.810. The number of benzene rings is 1. The van der Waals surface area contributed by atoms with Crippen molar-refractivity contribution in [1.29, 1.82) is 0 Å². The highest BCUT2D eigenvalue weighted by Gasteiger charge is 2.04. The molecule has 1 aromatic carbocycles. The Morgan fingerprint density at radius 2 is 2.31 bits per heavy atom. The first-order valence-corrected chi connectivity index (χ1v) is 5.76. The molecule has 0 heterocycles. The molecular weight excluding hydrogens is 272 g/mol. The largest absolute Gasteiger partial charge is 0.370 e. The average molecular weight is 287 g/mol. The predicted molar refractivity (Wildman–Crippen MR) is 67.4 cm³/mol. The number of aryl methyl sites for hydroxylation is 1. The summed E-state index contributed by atoms with van der Waals surface area (Å²) >= 11 is 3.36. The molecule has 3 N–H and O–H groups in total. The Morgan fingerprint density at radius 3 is 2.94 bits per heavy atom. The number of halogens is 1. The van der Waals surface area contributed by atoms with Crippen molar-refractivity contribution in [1.82, 2.24) is 0 Å². The highest BCUT2D eigenvalue weighted by molar-refractivity contribution is 9.10. The van der Waals surface area contributed by atoms with E-state index in [1.165, 1.54) is 0 Å². The Kier molecular flexibility index (Phi) is 5.45. The van der Waals surface area contributed by atoms with Crippen molar-refractivity contribution in [3.63, 3.8) is 0 Å². The molecule has 16 heavy (non-hydrogen) atoms. The van der Waals surface area contributed by atoms with Crippen molar-refractivity contribution < 1.29 is 9.53 Å². The SMILES string of the molecule is Cc1cc(Br)ccc1NC(=O)COCCN. The van der Waals surface area contributed by atoms with Gasteiger partial charge in [-0.25, -0.2) is 0 Å². The second kappa shape index (κ2) is 6.62. The maximum absolute atomic E-state index is 11.4. The Bertz CT molecular complexity index is 369. The lowest BCUT2D eigenvalue weighted by atomic mass is 10.2. The number of hydrogen-bond acceptors (Lipinski definition) is 3. The van der Waals surface area contributed by atoms with E-state index in [9.17, 15) is 4.79 Å². The fourth-order valence-electron chi connectivity index (χ4n) is 1.20. The molecule has 0 radical (unpaired) electrons. The Hall–Kier alpha value is -0.910. The molecule has 0 aliphatic carbocycles. The number of carbonyl (C=O) groups is 1. The normalized spacial score (nSPS) is 10.2. The van der Waals surface area contributed by atoms with Gasteiger partial charge in [-0.15, -0.1) is 0 Å². The van der Waals surface area contributed by atoms with Gasteiger partial charge < -0.3 is 15.8 Å². The summed E-state index contributed by atoms with van der Waals surface area (Å²) in [5.41, 5.74) is 7.04. The van der Waals surface area contributed by atoms with Crippen LogP contribution in [0.15, 0.2) is 22.7 Å². The standard InChI is InChI=1S/C11H15BrN2O2/c1-8-6-9(12)2-3-10(8)14-11(15)7-16-5-4-13/h2-3,6H,4-5,7,13H2,1H3,(H,14,15). The topological polar surface area (TPSA) is 64.3 Å². The number of nitrogens with one attached hydrogen (secondary N) is 1. The van der Waals surface area contributed by atoms with Gasteiger partial charge in [-0.05, 0) is 30.7 Å². The molecule has 1 rings (SSSR count). The molecule has 0 aliphatic heterocycles. The van der Waals surface area contributed by atoms with E-state index in [4.69, 9.17) is 10.5 Å². The second-order valence-corrected chi connectivity index (χ2v) is 4.26. The average Bonchev–Trinajstić information content (AvgIpc) is 2.23. The van der Waals surface area contributed by atoms with Gasteiger partial charge in [0.25, 0.3) is 0 Å². The third-order valence-electron chi connectivity index (χ3n) is 1.96. The van der Waals surface area contributed by atoms with Crippen molar-refractivity contribution in [3.05, 3.63) is 28.2 Å². The first kappa shape index (κ1) is 13.2. The zero-order valence-corrected chi connectivity index (χ0v) is 10.7. The van der Waals surface area contributed by atoms with Crippen LogP contribution in [-0.2, 0) is 9.53 Å². The molecule has 0 spiro atoms. The lowest BCUT2D eigenvalue weighted by Crippen LogP contribution is -2.21. The van der Waals surface area contributed by atoms with Crippen LogP contribution in [-0.4, -0.2) is 25.7 Å². The number of amides is 1. The monoisotopic (exact) mass is 286 g/mol. The first-order chi connectivity index (χ1) is 7.63. The molecule has 0 atom stereocenters. The summed E-state index contributed by atoms with van der Waals surface area (Å²) in [4.78, 5) is 11.4. The zero-order chi connectivity index (χ0) is 12.0. The fourth-order valence-corrected chi connectivity index (χ4v) is 1.68. The number of nitrogens with two attached hydrogens (primary N) is 1. The molecule has 0 aliphatic rings. The highest BCUT2D eigenvalue weighted by atomic mass is 79.9. The third kappa shape index (κ3) is 4.30. The van der Waals surface area contributed by atoms with E-state index in [2.05, 4.69) is 21.2 Å². The van der Waals surface area contributed by atoms with Crippen LogP contribution >= 0.6 is 15.9 Å². The molecule has 0 unspecified atom stereocenters. The van der Waals surface area contributed by atoms with Crippen molar-refractivity contribution in [2.24, 2.45) is 5.73 Å². The summed E-state index contributed by atoms with van der Waals surface area (Å²) < 4.78 is 6.02. The van der Waals surface area contributed by atoms with Crippen molar-refractivity contribution >= 4 is 27.5 Å². The molecule has 0 fully saturated rings. The van der Waals surface area contributed by atoms with Crippen LogP contribution in [0.1, 0.15) is 5.56 Å². The van der Waals surface area contributed by atoms with Gasteiger partial charge in [0, 0.05) is 16.7 Å². The van der Waals surface area contributed by atoms with E-state index >= 15 is 0 Å². The van der Waals surface area contributed by atoms with Crippen LogP contribution in [0.25, 0.3) is 0 Å². The lowest BCUT2D eigenvalue weighted by Gasteiger charge is -2.08. The lowest BCUT2D eigenvalue weighted by molar-refractivity contribution is -0.120. The van der Waals surface area contributed by atoms with Gasteiger partial charge in [0.2, 0.25) is 5.91 Å². The maximum atomic E-state index is 11.4. The molecule has 0 bridgehead atoms. The molecule has 0 saturated heterocycles. The summed E-state index contributed by atoms with van der Waals surface area (Å²) in [6, 6.07) is 5.67. The number of carbonyl (C=O) groups excluding carboxylic acids is 1. The van der Waals surface area contributed by atoms with Crippen molar-refractivity contribution in [2.75, 3.05) is 25.1 Å². The summed E-state index contributed by atoms with van der Waals surface area (Å²) in [7, 11) is 0. The minimum absolute atomic E-state index is 0.0344. The Labute approximate surface area is 103 Å². The van der Waals surface area contributed by atoms with Crippen LogP contribution in [0.3, 0.4) is 0 Å². The Balaban J connectivity index is 2.49. The van der Waals surface area contributed by atoms with Gasteiger partial charge in [-0.3, -0.25) is 4.79 Å². The van der Waals surface area contributed by atoms with E-state index in [0.717, 1.165) is 15.7 Å². The summed E-state index contributed by atoms with van der Waals surface area (Å²) in [5.74, 6) is -0.168. The molecule has 0 aromatic heterocycles. The molecule has 88 valence electrons. The fraction of sp³-hybridized carbons (Fsp3) is 0.364. The van der Waals surface area contributed by atoms with Crippen LogP contribution in [0.4, 0.5) is 5.69 Å². The van der Waals surface area contributed by atoms with E-state index in [-0.39, 0.29) is 12.5 Å². The Morgan fingerprint density at radius 1 is 1.56 bits per heavy atom. The minimum Gasteiger partial charge on any atom is -0.370 e. The number of hydrogen-bond donors (Lipinski definition) is 2. The second-order valence-electron chi connectivity index (χ2n) is 3.35. The molecular formula is C11H15BrN2O2. The molecule has 5 heteroatoms. The summed E-state index contributed by atoms with van der Waals surface area (Å²) in [6.45, 7) is 2.78. The van der Waals surface area contributed by atoms with Crippen LogP contribution < -0.4 is 11.1 Å². The first-order valence-electron chi connectivity index (χ1n) is 4.97. The smallest absolute Gasteiger partial charge is 0.250 e. The highest BCUT2D eigenvalue weighted by Crippen LogP contribution is 2.19. The molecule has 0 saturated carbocycles. The molecule has 1 aromatic rings. The van der Waals surface area contributed by atoms with Gasteiger partial charge >= 0.3 is 0 Å². The van der Waals surface area contributed by atoms with Crippen molar-refractivity contribution in [3.8, 4) is 0 Å². The van der Waals surface area contributed by atoms with Gasteiger partial charge in [0.1, 0.15) is 6.61 Å². The van der Waals surface area contributed by atoms with Crippen LogP contribution in [0, 0.1) is 6.92 Å². The summed E-state index contributed by atoms with van der Waals surface area (Å²) in [6.07, 6.45) is 0. The maximum Gasteiger partial charge on any atom is 0.250 e. The number of ether oxygens (including phenoxy) is 1. The van der Waals surface area contributed by atoms with Gasteiger partial charge in [0.15, 0.2) is 0 Å².